The number of benzene rings is 1. The summed E-state index contributed by atoms with van der Waals surface area (Å²) < 4.78 is 29.2. The molecule has 1 aromatic carbocycles. The third kappa shape index (κ3) is 4.36. The number of rotatable bonds is 5. The van der Waals surface area contributed by atoms with Gasteiger partial charge in [0.05, 0.1) is 5.75 Å². The van der Waals surface area contributed by atoms with Crippen LogP contribution in [-0.2, 0) is 9.84 Å². The smallest absolute Gasteiger partial charge is 0.151 e. The molecule has 2 atom stereocenters. The Balaban J connectivity index is 2.18. The van der Waals surface area contributed by atoms with Crippen LogP contribution >= 0.6 is 11.6 Å². The van der Waals surface area contributed by atoms with E-state index in [9.17, 15) is 8.42 Å². The summed E-state index contributed by atoms with van der Waals surface area (Å²) in [5.74, 6) is 0.969. The molecule has 0 bridgehead atoms. The van der Waals surface area contributed by atoms with Gasteiger partial charge in [-0.2, -0.15) is 0 Å². The van der Waals surface area contributed by atoms with Crippen molar-refractivity contribution in [2.45, 2.75) is 19.4 Å². The molecule has 1 saturated heterocycles. The Kier molecular flexibility index (Phi) is 4.94. The van der Waals surface area contributed by atoms with Gasteiger partial charge in [0.2, 0.25) is 0 Å². The Hall–Kier alpha value is -0.780. The highest BCUT2D eigenvalue weighted by Crippen LogP contribution is 2.26. The molecule has 4 nitrogen and oxygen atoms in total. The molecule has 6 heteroatoms. The predicted molar refractivity (Wildman–Crippen MR) is 81.3 cm³/mol. The normalized spacial score (nSPS) is 20.9. The molecular formula is C14H20ClNO3S. The molecule has 0 unspecified atom stereocenters. The fraction of sp³-hybridized carbons (Fsp3) is 0.571. The van der Waals surface area contributed by atoms with Crippen LogP contribution in [0, 0.1) is 12.8 Å². The molecule has 1 aromatic rings. The fourth-order valence-corrected chi connectivity index (χ4v) is 3.63. The summed E-state index contributed by atoms with van der Waals surface area (Å²) in [5, 5.41) is 3.90. The van der Waals surface area contributed by atoms with Gasteiger partial charge < -0.3 is 10.1 Å². The monoisotopic (exact) mass is 317 g/mol. The van der Waals surface area contributed by atoms with Gasteiger partial charge in [-0.05, 0) is 43.7 Å². The molecule has 0 spiro atoms. The van der Waals surface area contributed by atoms with Crippen molar-refractivity contribution in [2.75, 3.05) is 25.1 Å². The summed E-state index contributed by atoms with van der Waals surface area (Å²) in [6.45, 7) is 3.62. The molecule has 0 saturated carbocycles. The Morgan fingerprint density at radius 3 is 2.80 bits per heavy atom. The first kappa shape index (κ1) is 15.6. The molecular weight excluding hydrogens is 298 g/mol. The summed E-state index contributed by atoms with van der Waals surface area (Å²) >= 11 is 5.93. The standard InChI is InChI=1S/C14H20ClNO3S/c1-10-7-12(15)3-4-13(10)19-14(9-20(2,17)18)11-5-6-16-8-11/h3-4,7,11,14,16H,5-6,8-9H2,1-2H3/t11-,14-/m0/s1. The molecule has 2 rings (SSSR count). The van der Waals surface area contributed by atoms with Crippen LogP contribution < -0.4 is 10.1 Å². The number of hydrogen-bond acceptors (Lipinski definition) is 4. The van der Waals surface area contributed by atoms with E-state index in [1.165, 1.54) is 6.26 Å². The van der Waals surface area contributed by atoms with Gasteiger partial charge in [0.25, 0.3) is 0 Å². The lowest BCUT2D eigenvalue weighted by Gasteiger charge is -2.24. The lowest BCUT2D eigenvalue weighted by atomic mass is 10.0. The number of sulfone groups is 1. The minimum Gasteiger partial charge on any atom is -0.489 e. The average Bonchev–Trinajstić information content (AvgIpc) is 2.83. The third-order valence-electron chi connectivity index (χ3n) is 3.51. The maximum absolute atomic E-state index is 11.6. The van der Waals surface area contributed by atoms with Crippen LogP contribution in [0.4, 0.5) is 0 Å². The molecule has 1 aliphatic heterocycles. The van der Waals surface area contributed by atoms with Crippen molar-refractivity contribution >= 4 is 21.4 Å². The van der Waals surface area contributed by atoms with Crippen molar-refractivity contribution in [3.05, 3.63) is 28.8 Å². The highest BCUT2D eigenvalue weighted by atomic mass is 35.5. The topological polar surface area (TPSA) is 55.4 Å². The first-order chi connectivity index (χ1) is 9.35. The van der Waals surface area contributed by atoms with Crippen molar-refractivity contribution in [1.82, 2.24) is 5.32 Å². The predicted octanol–water partition coefficient (Wildman–Crippen LogP) is 2.05. The second-order valence-corrected chi connectivity index (χ2v) is 8.03. The van der Waals surface area contributed by atoms with E-state index >= 15 is 0 Å². The van der Waals surface area contributed by atoms with Crippen molar-refractivity contribution < 1.29 is 13.2 Å². The zero-order valence-electron chi connectivity index (χ0n) is 11.7. The van der Waals surface area contributed by atoms with E-state index in [2.05, 4.69) is 5.32 Å². The largest absolute Gasteiger partial charge is 0.489 e. The van der Waals surface area contributed by atoms with Gasteiger partial charge in [-0.15, -0.1) is 0 Å². The van der Waals surface area contributed by atoms with Crippen LogP contribution in [0.15, 0.2) is 18.2 Å². The molecule has 1 heterocycles. The van der Waals surface area contributed by atoms with Gasteiger partial charge in [-0.25, -0.2) is 8.42 Å². The van der Waals surface area contributed by atoms with Gasteiger partial charge in [0, 0.05) is 23.7 Å². The summed E-state index contributed by atoms with van der Waals surface area (Å²) in [4.78, 5) is 0. The van der Waals surface area contributed by atoms with E-state index in [-0.39, 0.29) is 17.8 Å². The summed E-state index contributed by atoms with van der Waals surface area (Å²) in [6, 6.07) is 5.38. The van der Waals surface area contributed by atoms with Gasteiger partial charge >= 0.3 is 0 Å². The van der Waals surface area contributed by atoms with Crippen LogP contribution in [0.2, 0.25) is 5.02 Å². The SMILES string of the molecule is Cc1cc(Cl)ccc1O[C@@H](CS(C)(=O)=O)[C@H]1CCNC1. The van der Waals surface area contributed by atoms with E-state index in [4.69, 9.17) is 16.3 Å². The highest BCUT2D eigenvalue weighted by molar-refractivity contribution is 7.90. The van der Waals surface area contributed by atoms with Gasteiger partial charge in [-0.3, -0.25) is 0 Å². The second-order valence-electron chi connectivity index (χ2n) is 5.41. The molecule has 0 aromatic heterocycles. The zero-order chi connectivity index (χ0) is 14.8. The molecule has 0 radical (unpaired) electrons. The third-order valence-corrected chi connectivity index (χ3v) is 4.68. The fourth-order valence-electron chi connectivity index (χ4n) is 2.47. The van der Waals surface area contributed by atoms with Crippen molar-refractivity contribution in [3.63, 3.8) is 0 Å². The van der Waals surface area contributed by atoms with E-state index in [0.29, 0.717) is 10.8 Å². The van der Waals surface area contributed by atoms with E-state index in [1.54, 1.807) is 12.1 Å². The van der Waals surface area contributed by atoms with Gasteiger partial charge in [0.1, 0.15) is 11.9 Å². The van der Waals surface area contributed by atoms with Gasteiger partial charge in [0.15, 0.2) is 9.84 Å². The van der Waals surface area contributed by atoms with E-state index < -0.39 is 9.84 Å². The first-order valence-electron chi connectivity index (χ1n) is 6.66. The number of halogens is 1. The average molecular weight is 318 g/mol. The quantitative estimate of drug-likeness (QED) is 0.903. The Labute approximate surface area is 125 Å². The Morgan fingerprint density at radius 2 is 2.25 bits per heavy atom. The maximum Gasteiger partial charge on any atom is 0.151 e. The number of hydrogen-bond donors (Lipinski definition) is 1. The van der Waals surface area contributed by atoms with Crippen LogP contribution in [0.3, 0.4) is 0 Å². The van der Waals surface area contributed by atoms with E-state index in [0.717, 1.165) is 25.1 Å². The van der Waals surface area contributed by atoms with Crippen LogP contribution in [0.1, 0.15) is 12.0 Å². The second kappa shape index (κ2) is 6.33. The zero-order valence-corrected chi connectivity index (χ0v) is 13.3. The van der Waals surface area contributed by atoms with Crippen LogP contribution in [0.25, 0.3) is 0 Å². The summed E-state index contributed by atoms with van der Waals surface area (Å²) in [7, 11) is -3.08. The maximum atomic E-state index is 11.6. The van der Waals surface area contributed by atoms with Crippen molar-refractivity contribution in [2.24, 2.45) is 5.92 Å². The van der Waals surface area contributed by atoms with Crippen LogP contribution in [0.5, 0.6) is 5.75 Å². The minimum atomic E-state index is -3.08. The number of aryl methyl sites for hydroxylation is 1. The minimum absolute atomic E-state index is 0.0431. The molecule has 1 N–H and O–H groups in total. The molecule has 112 valence electrons. The molecule has 1 aliphatic rings. The molecule has 0 amide bonds. The number of nitrogens with one attached hydrogen (secondary N) is 1. The van der Waals surface area contributed by atoms with E-state index in [1.807, 2.05) is 13.0 Å². The van der Waals surface area contributed by atoms with Crippen LogP contribution in [-0.4, -0.2) is 39.6 Å². The lowest BCUT2D eigenvalue weighted by Crippen LogP contribution is -2.35. The Bertz CT molecular complexity index is 568. The summed E-state index contributed by atoms with van der Waals surface area (Å²) in [5.41, 5.74) is 0.918. The molecule has 0 aliphatic carbocycles. The first-order valence-corrected chi connectivity index (χ1v) is 9.10. The summed E-state index contributed by atoms with van der Waals surface area (Å²) in [6.07, 6.45) is 1.87. The molecule has 20 heavy (non-hydrogen) atoms. The lowest BCUT2D eigenvalue weighted by molar-refractivity contribution is 0.162. The number of ether oxygens (including phenoxy) is 1. The van der Waals surface area contributed by atoms with Crippen molar-refractivity contribution in [3.8, 4) is 5.75 Å². The highest BCUT2D eigenvalue weighted by Gasteiger charge is 2.29. The Morgan fingerprint density at radius 1 is 1.50 bits per heavy atom. The molecule has 1 fully saturated rings. The van der Waals surface area contributed by atoms with Crippen molar-refractivity contribution in [1.29, 1.82) is 0 Å². The van der Waals surface area contributed by atoms with Gasteiger partial charge in [-0.1, -0.05) is 11.6 Å².